The molecule has 0 unspecified atom stereocenters. The minimum Gasteiger partial charge on any atom is -0.383 e. The smallest absolute Gasteiger partial charge is 0.211 e. The second kappa shape index (κ2) is 5.34. The van der Waals surface area contributed by atoms with E-state index in [0.717, 1.165) is 18.5 Å². The maximum atomic E-state index is 13.5. The van der Waals surface area contributed by atoms with E-state index in [2.05, 4.69) is 10.6 Å². The van der Waals surface area contributed by atoms with E-state index in [9.17, 15) is 9.18 Å². The Morgan fingerprint density at radius 3 is 2.80 bits per heavy atom. The Morgan fingerprint density at radius 1 is 1.47 bits per heavy atom. The lowest BCUT2D eigenvalue weighted by atomic mass is 10.1. The number of halogens is 1. The lowest BCUT2D eigenvalue weighted by Crippen LogP contribution is -2.06. The first-order valence-corrected chi connectivity index (χ1v) is 4.93. The second-order valence-corrected chi connectivity index (χ2v) is 3.36. The molecule has 0 saturated heterocycles. The summed E-state index contributed by atoms with van der Waals surface area (Å²) in [6, 6.07) is 3.20. The zero-order chi connectivity index (χ0) is 11.3. The normalized spacial score (nSPS) is 9.80. The van der Waals surface area contributed by atoms with Crippen molar-refractivity contribution in [1.29, 1.82) is 0 Å². The third-order valence-corrected chi connectivity index (χ3v) is 2.00. The van der Waals surface area contributed by atoms with Crippen LogP contribution in [-0.2, 0) is 4.79 Å². The molecular weight excluding hydrogens is 195 g/mol. The van der Waals surface area contributed by atoms with Gasteiger partial charge in [0.1, 0.15) is 11.5 Å². The summed E-state index contributed by atoms with van der Waals surface area (Å²) >= 11 is 0. The van der Waals surface area contributed by atoms with Gasteiger partial charge in [0.2, 0.25) is 6.41 Å². The molecule has 0 bridgehead atoms. The third-order valence-electron chi connectivity index (χ3n) is 2.00. The predicted octanol–water partition coefficient (Wildman–Crippen LogP) is 2.52. The van der Waals surface area contributed by atoms with Crippen molar-refractivity contribution in [3.63, 3.8) is 0 Å². The highest BCUT2D eigenvalue weighted by atomic mass is 19.1. The molecule has 0 heterocycles. The summed E-state index contributed by atoms with van der Waals surface area (Å²) < 4.78 is 13.5. The summed E-state index contributed by atoms with van der Waals surface area (Å²) in [5, 5.41) is 5.43. The van der Waals surface area contributed by atoms with Crippen molar-refractivity contribution in [2.75, 3.05) is 17.2 Å². The maximum Gasteiger partial charge on any atom is 0.211 e. The predicted molar refractivity (Wildman–Crippen MR) is 59.6 cm³/mol. The number of nitrogens with one attached hydrogen (secondary N) is 2. The monoisotopic (exact) mass is 210 g/mol. The van der Waals surface area contributed by atoms with Crippen LogP contribution in [0.1, 0.15) is 18.9 Å². The number of carbonyl (C=O) groups is 1. The molecule has 0 atom stereocenters. The van der Waals surface area contributed by atoms with Gasteiger partial charge in [0, 0.05) is 6.54 Å². The molecular formula is C11H15FN2O. The van der Waals surface area contributed by atoms with Crippen molar-refractivity contribution >= 4 is 17.8 Å². The minimum absolute atomic E-state index is 0.212. The molecule has 0 radical (unpaired) electrons. The zero-order valence-corrected chi connectivity index (χ0v) is 8.93. The molecule has 0 aliphatic heterocycles. The molecule has 4 heteroatoms. The highest BCUT2D eigenvalue weighted by Gasteiger charge is 2.08. The van der Waals surface area contributed by atoms with E-state index in [1.165, 1.54) is 6.07 Å². The van der Waals surface area contributed by atoms with Gasteiger partial charge in [-0.1, -0.05) is 6.92 Å². The Kier molecular flexibility index (Phi) is 4.09. The van der Waals surface area contributed by atoms with Crippen LogP contribution in [0.4, 0.5) is 15.8 Å². The van der Waals surface area contributed by atoms with Crippen LogP contribution in [0.25, 0.3) is 0 Å². The summed E-state index contributed by atoms with van der Waals surface area (Å²) in [4.78, 5) is 10.3. The molecule has 0 aromatic heterocycles. The zero-order valence-electron chi connectivity index (χ0n) is 8.93. The topological polar surface area (TPSA) is 41.1 Å². The van der Waals surface area contributed by atoms with E-state index in [-0.39, 0.29) is 5.69 Å². The van der Waals surface area contributed by atoms with E-state index >= 15 is 0 Å². The molecule has 3 nitrogen and oxygen atoms in total. The molecule has 1 rings (SSSR count). The van der Waals surface area contributed by atoms with Crippen LogP contribution in [0.5, 0.6) is 0 Å². The van der Waals surface area contributed by atoms with Crippen molar-refractivity contribution in [2.45, 2.75) is 20.3 Å². The second-order valence-electron chi connectivity index (χ2n) is 3.36. The van der Waals surface area contributed by atoms with Crippen LogP contribution >= 0.6 is 0 Å². The lowest BCUT2D eigenvalue weighted by molar-refractivity contribution is -0.105. The van der Waals surface area contributed by atoms with Crippen molar-refractivity contribution < 1.29 is 9.18 Å². The van der Waals surface area contributed by atoms with Gasteiger partial charge in [-0.25, -0.2) is 4.39 Å². The van der Waals surface area contributed by atoms with E-state index in [1.807, 2.05) is 19.9 Å². The third kappa shape index (κ3) is 2.94. The minimum atomic E-state index is -0.416. The average molecular weight is 210 g/mol. The van der Waals surface area contributed by atoms with Gasteiger partial charge in [0.15, 0.2) is 0 Å². The Hall–Kier alpha value is -1.58. The van der Waals surface area contributed by atoms with Gasteiger partial charge in [-0.05, 0) is 31.0 Å². The van der Waals surface area contributed by atoms with Gasteiger partial charge < -0.3 is 10.6 Å². The lowest BCUT2D eigenvalue weighted by Gasteiger charge is -2.12. The molecule has 15 heavy (non-hydrogen) atoms. The quantitative estimate of drug-likeness (QED) is 0.733. The Morgan fingerprint density at radius 2 is 2.20 bits per heavy atom. The Bertz CT molecular complexity index is 353. The van der Waals surface area contributed by atoms with Gasteiger partial charge in [-0.15, -0.1) is 0 Å². The van der Waals surface area contributed by atoms with Crippen LogP contribution in [0, 0.1) is 12.7 Å². The van der Waals surface area contributed by atoms with Crippen LogP contribution in [-0.4, -0.2) is 13.0 Å². The number of carbonyl (C=O) groups excluding carboxylic acids is 1. The first-order valence-electron chi connectivity index (χ1n) is 4.93. The molecule has 0 saturated carbocycles. The first-order chi connectivity index (χ1) is 7.19. The average Bonchev–Trinajstić information content (AvgIpc) is 2.19. The molecule has 0 fully saturated rings. The number of hydrogen-bond acceptors (Lipinski definition) is 2. The number of amides is 1. The summed E-state index contributed by atoms with van der Waals surface area (Å²) in [5.74, 6) is -0.416. The fourth-order valence-corrected chi connectivity index (χ4v) is 1.35. The summed E-state index contributed by atoms with van der Waals surface area (Å²) in [6.07, 6.45) is 1.42. The van der Waals surface area contributed by atoms with Crippen LogP contribution in [0.2, 0.25) is 0 Å². The highest BCUT2D eigenvalue weighted by Crippen LogP contribution is 2.26. The number of rotatable bonds is 5. The van der Waals surface area contributed by atoms with Gasteiger partial charge in [-0.3, -0.25) is 4.79 Å². The summed E-state index contributed by atoms with van der Waals surface area (Å²) in [5.41, 5.74) is 1.66. The fourth-order valence-electron chi connectivity index (χ4n) is 1.35. The highest BCUT2D eigenvalue weighted by molar-refractivity contribution is 5.81. The van der Waals surface area contributed by atoms with Crippen molar-refractivity contribution in [3.05, 3.63) is 23.5 Å². The van der Waals surface area contributed by atoms with Gasteiger partial charge in [0.25, 0.3) is 0 Å². The van der Waals surface area contributed by atoms with E-state index in [4.69, 9.17) is 0 Å². The number of aryl methyl sites for hydroxylation is 1. The molecule has 1 aromatic rings. The van der Waals surface area contributed by atoms with Gasteiger partial charge in [0.05, 0.1) is 5.69 Å². The van der Waals surface area contributed by atoms with E-state index in [0.29, 0.717) is 12.1 Å². The standard InChI is InChI=1S/C11H15FN2O/c1-3-4-13-10-6-8(2)5-9(12)11(10)14-7-15/h5-7,13H,3-4H2,1-2H3,(H,14,15). The molecule has 82 valence electrons. The fraction of sp³-hybridized carbons (Fsp3) is 0.364. The molecule has 0 aliphatic rings. The first kappa shape index (κ1) is 11.5. The van der Waals surface area contributed by atoms with Crippen LogP contribution < -0.4 is 10.6 Å². The largest absolute Gasteiger partial charge is 0.383 e. The SMILES string of the molecule is CCCNc1cc(C)cc(F)c1NC=O. The Balaban J connectivity index is 3.02. The van der Waals surface area contributed by atoms with Crippen molar-refractivity contribution in [2.24, 2.45) is 0 Å². The molecule has 2 N–H and O–H groups in total. The van der Waals surface area contributed by atoms with Crippen molar-refractivity contribution in [1.82, 2.24) is 0 Å². The van der Waals surface area contributed by atoms with Gasteiger partial charge in [-0.2, -0.15) is 0 Å². The number of benzene rings is 1. The molecule has 1 amide bonds. The van der Waals surface area contributed by atoms with Crippen LogP contribution in [0.3, 0.4) is 0 Å². The number of anilines is 2. The summed E-state index contributed by atoms with van der Waals surface area (Å²) in [6.45, 7) is 4.58. The van der Waals surface area contributed by atoms with E-state index in [1.54, 1.807) is 0 Å². The molecule has 0 aliphatic carbocycles. The maximum absolute atomic E-state index is 13.5. The van der Waals surface area contributed by atoms with Crippen LogP contribution in [0.15, 0.2) is 12.1 Å². The summed E-state index contributed by atoms with van der Waals surface area (Å²) in [7, 11) is 0. The van der Waals surface area contributed by atoms with E-state index < -0.39 is 5.82 Å². The van der Waals surface area contributed by atoms with Crippen molar-refractivity contribution in [3.8, 4) is 0 Å². The molecule has 1 aromatic carbocycles. The Labute approximate surface area is 88.7 Å². The number of hydrogen-bond donors (Lipinski definition) is 2. The van der Waals surface area contributed by atoms with Gasteiger partial charge >= 0.3 is 0 Å². The molecule has 0 spiro atoms.